The van der Waals surface area contributed by atoms with Crippen molar-refractivity contribution < 1.29 is 12.6 Å². The Morgan fingerprint density at radius 3 is 2.41 bits per heavy atom. The maximum Gasteiger partial charge on any atom is 0.297 e. The second-order valence-corrected chi connectivity index (χ2v) is 8.06. The summed E-state index contributed by atoms with van der Waals surface area (Å²) in [4.78, 5) is 2.63. The van der Waals surface area contributed by atoms with Crippen LogP contribution in [0.4, 0.5) is 0 Å². The first-order valence-electron chi connectivity index (χ1n) is 8.09. The van der Waals surface area contributed by atoms with Crippen molar-refractivity contribution >= 4 is 10.1 Å². The molecule has 0 amide bonds. The van der Waals surface area contributed by atoms with E-state index in [-0.39, 0.29) is 11.0 Å². The molecule has 0 aromatic heterocycles. The van der Waals surface area contributed by atoms with E-state index in [2.05, 4.69) is 11.8 Å². The Morgan fingerprint density at radius 1 is 1.23 bits per heavy atom. The lowest BCUT2D eigenvalue weighted by Gasteiger charge is -2.30. The zero-order valence-electron chi connectivity index (χ0n) is 13.8. The van der Waals surface area contributed by atoms with Gasteiger partial charge in [0.25, 0.3) is 10.1 Å². The summed E-state index contributed by atoms with van der Waals surface area (Å²) in [6.07, 6.45) is 2.90. The fourth-order valence-electron chi connectivity index (χ4n) is 2.67. The summed E-state index contributed by atoms with van der Waals surface area (Å²) in [6.45, 7) is 9.17. The highest BCUT2D eigenvalue weighted by Crippen LogP contribution is 2.19. The average molecular weight is 325 g/mol. The first-order chi connectivity index (χ1) is 10.4. The van der Waals surface area contributed by atoms with Crippen molar-refractivity contribution in [2.75, 3.05) is 19.6 Å². The number of piperidine rings is 1. The fourth-order valence-corrected chi connectivity index (χ4v) is 3.78. The maximum absolute atomic E-state index is 12.2. The minimum Gasteiger partial charge on any atom is -0.303 e. The third-order valence-electron chi connectivity index (χ3n) is 4.33. The standard InChI is InChI=1S/C17H27NO3S/c1-14-4-6-17(7-5-14)22(19,20)21-16(3)10-13-18-11-8-15(2)9-12-18/h4-7,15-16H,8-13H2,1-3H3. The molecule has 22 heavy (non-hydrogen) atoms. The van der Waals surface area contributed by atoms with Gasteiger partial charge >= 0.3 is 0 Å². The molecule has 2 rings (SSSR count). The number of rotatable bonds is 6. The smallest absolute Gasteiger partial charge is 0.297 e. The highest BCUT2D eigenvalue weighted by Gasteiger charge is 2.21. The van der Waals surface area contributed by atoms with Crippen molar-refractivity contribution in [1.82, 2.24) is 4.90 Å². The average Bonchev–Trinajstić information content (AvgIpc) is 2.46. The topological polar surface area (TPSA) is 46.6 Å². The van der Waals surface area contributed by atoms with Crippen LogP contribution in [0.3, 0.4) is 0 Å². The fraction of sp³-hybridized carbons (Fsp3) is 0.647. The van der Waals surface area contributed by atoms with Gasteiger partial charge in [0, 0.05) is 6.54 Å². The molecule has 0 N–H and O–H groups in total. The Labute approximate surface area is 134 Å². The number of benzene rings is 1. The van der Waals surface area contributed by atoms with Crippen LogP contribution in [0.15, 0.2) is 29.2 Å². The molecule has 1 saturated heterocycles. The molecular formula is C17H27NO3S. The lowest BCUT2D eigenvalue weighted by molar-refractivity contribution is 0.152. The van der Waals surface area contributed by atoms with Crippen molar-refractivity contribution in [2.24, 2.45) is 5.92 Å². The Kier molecular flexibility index (Phi) is 6.01. The molecule has 124 valence electrons. The Hall–Kier alpha value is -0.910. The number of likely N-dealkylation sites (tertiary alicyclic amines) is 1. The molecule has 0 aliphatic carbocycles. The first kappa shape index (κ1) is 17.4. The van der Waals surface area contributed by atoms with Gasteiger partial charge in [-0.1, -0.05) is 24.6 Å². The van der Waals surface area contributed by atoms with Crippen LogP contribution in [0, 0.1) is 12.8 Å². The molecule has 0 bridgehead atoms. The number of hydrogen-bond acceptors (Lipinski definition) is 4. The van der Waals surface area contributed by atoms with Gasteiger partial charge in [0.05, 0.1) is 11.0 Å². The van der Waals surface area contributed by atoms with Gasteiger partial charge in [-0.2, -0.15) is 8.42 Å². The summed E-state index contributed by atoms with van der Waals surface area (Å²) in [5.74, 6) is 0.812. The lowest BCUT2D eigenvalue weighted by atomic mass is 9.99. The number of hydrogen-bond donors (Lipinski definition) is 0. The summed E-state index contributed by atoms with van der Waals surface area (Å²) in [6, 6.07) is 6.78. The maximum atomic E-state index is 12.2. The van der Waals surface area contributed by atoms with Crippen molar-refractivity contribution in [2.45, 2.75) is 51.0 Å². The summed E-state index contributed by atoms with van der Waals surface area (Å²) in [5.41, 5.74) is 1.03. The van der Waals surface area contributed by atoms with E-state index in [0.717, 1.165) is 37.5 Å². The monoisotopic (exact) mass is 325 g/mol. The molecule has 0 spiro atoms. The van der Waals surface area contributed by atoms with Gasteiger partial charge in [0.2, 0.25) is 0 Å². The van der Waals surface area contributed by atoms with Crippen molar-refractivity contribution in [3.8, 4) is 0 Å². The summed E-state index contributed by atoms with van der Waals surface area (Å²) >= 11 is 0. The molecule has 1 aliphatic heterocycles. The van der Waals surface area contributed by atoms with Crippen LogP contribution >= 0.6 is 0 Å². The second-order valence-electron chi connectivity index (χ2n) is 6.49. The van der Waals surface area contributed by atoms with Crippen molar-refractivity contribution in [3.05, 3.63) is 29.8 Å². The predicted octanol–water partition coefficient (Wildman–Crippen LogP) is 3.21. The molecule has 1 aromatic carbocycles. The lowest BCUT2D eigenvalue weighted by Crippen LogP contribution is -2.35. The van der Waals surface area contributed by atoms with Gasteiger partial charge in [-0.05, 0) is 64.3 Å². The third-order valence-corrected chi connectivity index (χ3v) is 5.76. The molecule has 1 aromatic rings. The SMILES string of the molecule is Cc1ccc(S(=O)(=O)OC(C)CCN2CCC(C)CC2)cc1. The minimum atomic E-state index is -3.66. The third kappa shape index (κ3) is 5.07. The zero-order chi connectivity index (χ0) is 16.2. The first-order valence-corrected chi connectivity index (χ1v) is 9.50. The summed E-state index contributed by atoms with van der Waals surface area (Å²) in [7, 11) is -3.66. The predicted molar refractivity (Wildman–Crippen MR) is 88.4 cm³/mol. The van der Waals surface area contributed by atoms with E-state index >= 15 is 0 Å². The quantitative estimate of drug-likeness (QED) is 0.754. The Morgan fingerprint density at radius 2 is 1.82 bits per heavy atom. The molecular weight excluding hydrogens is 298 g/mol. The van der Waals surface area contributed by atoms with Gasteiger partial charge < -0.3 is 4.90 Å². The van der Waals surface area contributed by atoms with Crippen LogP contribution in [0.2, 0.25) is 0 Å². The highest BCUT2D eigenvalue weighted by atomic mass is 32.2. The van der Waals surface area contributed by atoms with Crippen molar-refractivity contribution in [3.63, 3.8) is 0 Å². The van der Waals surface area contributed by atoms with E-state index in [1.54, 1.807) is 24.3 Å². The molecule has 0 radical (unpaired) electrons. The summed E-state index contributed by atoms with van der Waals surface area (Å²) < 4.78 is 29.7. The van der Waals surface area contributed by atoms with Crippen LogP contribution in [-0.2, 0) is 14.3 Å². The van der Waals surface area contributed by atoms with E-state index in [1.165, 1.54) is 12.8 Å². The highest BCUT2D eigenvalue weighted by molar-refractivity contribution is 7.86. The van der Waals surface area contributed by atoms with E-state index in [4.69, 9.17) is 4.18 Å². The molecule has 1 aliphatic rings. The van der Waals surface area contributed by atoms with Crippen LogP contribution in [0.1, 0.15) is 38.7 Å². The molecule has 1 atom stereocenters. The zero-order valence-corrected chi connectivity index (χ0v) is 14.6. The molecule has 4 nitrogen and oxygen atoms in total. The number of nitrogens with zero attached hydrogens (tertiary/aromatic N) is 1. The van der Waals surface area contributed by atoms with Crippen LogP contribution in [0.25, 0.3) is 0 Å². The normalized spacial score (nSPS) is 19.2. The van der Waals surface area contributed by atoms with Gasteiger partial charge in [0.1, 0.15) is 0 Å². The van der Waals surface area contributed by atoms with Gasteiger partial charge in [-0.25, -0.2) is 0 Å². The molecule has 0 saturated carbocycles. The molecule has 5 heteroatoms. The Bertz CT molecular complexity index is 560. The van der Waals surface area contributed by atoms with E-state index < -0.39 is 10.1 Å². The summed E-state index contributed by atoms with van der Waals surface area (Å²) in [5, 5.41) is 0. The van der Waals surface area contributed by atoms with Gasteiger partial charge in [0.15, 0.2) is 0 Å². The molecule has 1 fully saturated rings. The largest absolute Gasteiger partial charge is 0.303 e. The Balaban J connectivity index is 1.83. The second kappa shape index (κ2) is 7.57. The minimum absolute atomic E-state index is 0.233. The number of aryl methyl sites for hydroxylation is 1. The van der Waals surface area contributed by atoms with Crippen LogP contribution in [0.5, 0.6) is 0 Å². The molecule has 1 heterocycles. The van der Waals surface area contributed by atoms with E-state index in [1.807, 2.05) is 13.8 Å². The van der Waals surface area contributed by atoms with Crippen LogP contribution < -0.4 is 0 Å². The molecule has 1 unspecified atom stereocenters. The van der Waals surface area contributed by atoms with Gasteiger partial charge in [-0.15, -0.1) is 0 Å². The van der Waals surface area contributed by atoms with E-state index in [9.17, 15) is 8.42 Å². The van der Waals surface area contributed by atoms with Crippen LogP contribution in [-0.4, -0.2) is 39.1 Å². The van der Waals surface area contributed by atoms with Gasteiger partial charge in [-0.3, -0.25) is 4.18 Å². The van der Waals surface area contributed by atoms with Crippen molar-refractivity contribution in [1.29, 1.82) is 0 Å². The van der Waals surface area contributed by atoms with E-state index in [0.29, 0.717) is 0 Å².